The number of halogens is 1. The first-order valence-corrected chi connectivity index (χ1v) is 8.23. The Labute approximate surface area is 129 Å². The molecule has 1 aromatic carbocycles. The van der Waals surface area contributed by atoms with Gasteiger partial charge in [0.25, 0.3) is 5.91 Å². The van der Waals surface area contributed by atoms with Gasteiger partial charge in [0.15, 0.2) is 0 Å². The average Bonchev–Trinajstić information content (AvgIpc) is 2.70. The molecule has 1 aliphatic carbocycles. The van der Waals surface area contributed by atoms with Crippen molar-refractivity contribution in [3.05, 3.63) is 28.2 Å². The molecular formula is C16H23BrN2O. The zero-order valence-electron chi connectivity index (χ0n) is 12.0. The first-order valence-electron chi connectivity index (χ1n) is 7.44. The van der Waals surface area contributed by atoms with Crippen LogP contribution in [-0.2, 0) is 0 Å². The lowest BCUT2D eigenvalue weighted by molar-refractivity contribution is 0.0924. The van der Waals surface area contributed by atoms with Gasteiger partial charge in [-0.3, -0.25) is 4.79 Å². The van der Waals surface area contributed by atoms with Gasteiger partial charge in [0, 0.05) is 21.8 Å². The highest BCUT2D eigenvalue weighted by Gasteiger charge is 2.21. The van der Waals surface area contributed by atoms with Gasteiger partial charge in [0.2, 0.25) is 0 Å². The van der Waals surface area contributed by atoms with Crippen molar-refractivity contribution in [2.45, 2.75) is 51.5 Å². The average molecular weight is 339 g/mol. The van der Waals surface area contributed by atoms with Gasteiger partial charge < -0.3 is 11.1 Å². The van der Waals surface area contributed by atoms with Crippen molar-refractivity contribution in [2.75, 3.05) is 5.73 Å². The molecule has 3 N–H and O–H groups in total. The van der Waals surface area contributed by atoms with Crippen LogP contribution < -0.4 is 11.1 Å². The molecule has 0 unspecified atom stereocenters. The summed E-state index contributed by atoms with van der Waals surface area (Å²) in [6, 6.07) is 5.55. The van der Waals surface area contributed by atoms with E-state index in [1.54, 1.807) is 18.2 Å². The lowest BCUT2D eigenvalue weighted by Crippen LogP contribution is -2.38. The number of hydrogen-bond acceptors (Lipinski definition) is 2. The minimum Gasteiger partial charge on any atom is -0.398 e. The van der Waals surface area contributed by atoms with Crippen LogP contribution in [0.25, 0.3) is 0 Å². The van der Waals surface area contributed by atoms with Gasteiger partial charge in [0.05, 0.1) is 0 Å². The van der Waals surface area contributed by atoms with Gasteiger partial charge in [0.1, 0.15) is 0 Å². The van der Waals surface area contributed by atoms with Crippen LogP contribution in [0.4, 0.5) is 5.69 Å². The smallest absolute Gasteiger partial charge is 0.251 e. The Morgan fingerprint density at radius 2 is 1.95 bits per heavy atom. The van der Waals surface area contributed by atoms with Crippen LogP contribution in [0.3, 0.4) is 0 Å². The minimum atomic E-state index is -0.0116. The number of amides is 1. The predicted octanol–water partition coefficient (Wildman–Crippen LogP) is 4.12. The molecule has 1 amide bonds. The Kier molecular flexibility index (Phi) is 5.46. The zero-order chi connectivity index (χ0) is 14.5. The lowest BCUT2D eigenvalue weighted by atomic mass is 9.93. The molecular weight excluding hydrogens is 316 g/mol. The van der Waals surface area contributed by atoms with Gasteiger partial charge in [-0.1, -0.05) is 25.7 Å². The molecule has 3 nitrogen and oxygen atoms in total. The molecule has 2 rings (SSSR count). The second-order valence-electron chi connectivity index (χ2n) is 5.75. The molecule has 0 spiro atoms. The van der Waals surface area contributed by atoms with Crippen LogP contribution >= 0.6 is 15.9 Å². The highest BCUT2D eigenvalue weighted by molar-refractivity contribution is 9.10. The second kappa shape index (κ2) is 7.11. The molecule has 0 saturated heterocycles. The maximum Gasteiger partial charge on any atom is 0.251 e. The summed E-state index contributed by atoms with van der Waals surface area (Å²) >= 11 is 3.36. The van der Waals surface area contributed by atoms with E-state index in [2.05, 4.69) is 28.2 Å². The van der Waals surface area contributed by atoms with Crippen molar-refractivity contribution in [3.8, 4) is 0 Å². The van der Waals surface area contributed by atoms with E-state index in [0.29, 0.717) is 17.2 Å². The van der Waals surface area contributed by atoms with E-state index in [1.807, 2.05) is 0 Å². The third-order valence-electron chi connectivity index (χ3n) is 4.23. The second-order valence-corrected chi connectivity index (χ2v) is 6.60. The molecule has 0 radical (unpaired) electrons. The van der Waals surface area contributed by atoms with Crippen molar-refractivity contribution in [2.24, 2.45) is 5.92 Å². The Morgan fingerprint density at radius 1 is 1.30 bits per heavy atom. The fourth-order valence-electron chi connectivity index (χ4n) is 2.89. The molecule has 1 saturated carbocycles. The zero-order valence-corrected chi connectivity index (χ0v) is 13.6. The number of nitrogens with one attached hydrogen (secondary N) is 1. The standard InChI is InChI=1S/C16H23BrN2O/c1-11(12-6-4-2-3-5-7-12)19-16(20)13-8-9-15(18)14(17)10-13/h8-12H,2-7,18H2,1H3,(H,19,20)/t11-/m0/s1. The van der Waals surface area contributed by atoms with E-state index in [9.17, 15) is 4.79 Å². The van der Waals surface area contributed by atoms with Gasteiger partial charge >= 0.3 is 0 Å². The number of nitrogen functional groups attached to an aromatic ring is 1. The van der Waals surface area contributed by atoms with Gasteiger partial charge in [-0.05, 0) is 59.8 Å². The third-order valence-corrected chi connectivity index (χ3v) is 4.92. The molecule has 1 aromatic rings. The predicted molar refractivity (Wildman–Crippen MR) is 86.7 cm³/mol. The monoisotopic (exact) mass is 338 g/mol. The van der Waals surface area contributed by atoms with Gasteiger partial charge in [-0.15, -0.1) is 0 Å². The lowest BCUT2D eigenvalue weighted by Gasteiger charge is -2.23. The molecule has 1 atom stereocenters. The quantitative estimate of drug-likeness (QED) is 0.643. The Hall–Kier alpha value is -1.03. The summed E-state index contributed by atoms with van der Waals surface area (Å²) in [5, 5.41) is 3.14. The highest BCUT2D eigenvalue weighted by Crippen LogP contribution is 2.26. The Balaban J connectivity index is 1.97. The SMILES string of the molecule is C[C@H](NC(=O)c1ccc(N)c(Br)c1)C1CCCCCC1. The van der Waals surface area contributed by atoms with Crippen molar-refractivity contribution >= 4 is 27.5 Å². The summed E-state index contributed by atoms with van der Waals surface area (Å²) in [5.74, 6) is 0.598. The fraction of sp³-hybridized carbons (Fsp3) is 0.562. The van der Waals surface area contributed by atoms with Crippen LogP contribution in [0, 0.1) is 5.92 Å². The maximum atomic E-state index is 12.3. The van der Waals surface area contributed by atoms with E-state index in [4.69, 9.17) is 5.73 Å². The number of carbonyl (C=O) groups excluding carboxylic acids is 1. The number of benzene rings is 1. The van der Waals surface area contributed by atoms with E-state index in [0.717, 1.165) is 4.47 Å². The molecule has 0 bridgehead atoms. The molecule has 1 aliphatic rings. The summed E-state index contributed by atoms with van der Waals surface area (Å²) in [7, 11) is 0. The van der Waals surface area contributed by atoms with E-state index < -0.39 is 0 Å². The number of anilines is 1. The largest absolute Gasteiger partial charge is 0.398 e. The van der Waals surface area contributed by atoms with Crippen LogP contribution in [-0.4, -0.2) is 11.9 Å². The van der Waals surface area contributed by atoms with E-state index >= 15 is 0 Å². The fourth-order valence-corrected chi connectivity index (χ4v) is 3.27. The van der Waals surface area contributed by atoms with Gasteiger partial charge in [-0.2, -0.15) is 0 Å². The summed E-state index contributed by atoms with van der Waals surface area (Å²) < 4.78 is 0.771. The van der Waals surface area contributed by atoms with Crippen LogP contribution in [0.2, 0.25) is 0 Å². The normalized spacial score (nSPS) is 18.3. The third kappa shape index (κ3) is 3.98. The van der Waals surface area contributed by atoms with Crippen molar-refractivity contribution in [1.29, 1.82) is 0 Å². The van der Waals surface area contributed by atoms with Crippen LogP contribution in [0.15, 0.2) is 22.7 Å². The number of rotatable bonds is 3. The van der Waals surface area contributed by atoms with Crippen LogP contribution in [0.1, 0.15) is 55.8 Å². The maximum absolute atomic E-state index is 12.3. The van der Waals surface area contributed by atoms with Crippen LogP contribution in [0.5, 0.6) is 0 Å². The topological polar surface area (TPSA) is 55.1 Å². The molecule has 0 aliphatic heterocycles. The van der Waals surface area contributed by atoms with Crippen molar-refractivity contribution < 1.29 is 4.79 Å². The molecule has 1 fully saturated rings. The van der Waals surface area contributed by atoms with Gasteiger partial charge in [-0.25, -0.2) is 0 Å². The Morgan fingerprint density at radius 3 is 2.55 bits per heavy atom. The first-order chi connectivity index (χ1) is 9.58. The molecule has 0 aromatic heterocycles. The molecule has 110 valence electrons. The summed E-state index contributed by atoms with van der Waals surface area (Å²) in [4.78, 5) is 12.3. The number of carbonyl (C=O) groups is 1. The molecule has 4 heteroatoms. The van der Waals surface area contributed by atoms with Crippen molar-refractivity contribution in [3.63, 3.8) is 0 Å². The Bertz CT molecular complexity index is 468. The molecule has 0 heterocycles. The first kappa shape index (κ1) is 15.4. The van der Waals surface area contributed by atoms with E-state index in [1.165, 1.54) is 38.5 Å². The number of hydrogen-bond donors (Lipinski definition) is 2. The van der Waals surface area contributed by atoms with Crippen molar-refractivity contribution in [1.82, 2.24) is 5.32 Å². The summed E-state index contributed by atoms with van der Waals surface area (Å²) in [5.41, 5.74) is 7.06. The summed E-state index contributed by atoms with van der Waals surface area (Å²) in [6.07, 6.45) is 7.71. The highest BCUT2D eigenvalue weighted by atomic mass is 79.9. The number of nitrogens with two attached hydrogens (primary N) is 1. The molecule has 20 heavy (non-hydrogen) atoms. The summed E-state index contributed by atoms with van der Waals surface area (Å²) in [6.45, 7) is 2.13. The minimum absolute atomic E-state index is 0.0116. The van der Waals surface area contributed by atoms with E-state index in [-0.39, 0.29) is 11.9 Å².